The molecule has 71 heavy (non-hydrogen) atoms. The molecule has 10 N–H and O–H groups in total. The minimum absolute atomic E-state index is 0.0336. The lowest BCUT2D eigenvalue weighted by molar-refractivity contribution is -0.307. The number of nitrogens with one attached hydrogen (secondary N) is 2. The zero-order valence-corrected chi connectivity index (χ0v) is 40.9. The van der Waals surface area contributed by atoms with E-state index in [1.807, 2.05) is 49.5 Å². The van der Waals surface area contributed by atoms with E-state index >= 15 is 0 Å². The molecule has 18 atom stereocenters. The molecule has 0 aromatic heterocycles. The van der Waals surface area contributed by atoms with E-state index in [9.17, 15) is 55.2 Å². The number of fused-ring (bicyclic) bond motifs is 4. The second-order valence-electron chi connectivity index (χ2n) is 18.5. The molecule has 0 spiro atoms. The van der Waals surface area contributed by atoms with Gasteiger partial charge in [-0.15, -0.1) is 0 Å². The predicted molar refractivity (Wildman–Crippen MR) is 258 cm³/mol. The van der Waals surface area contributed by atoms with Crippen LogP contribution in [-0.2, 0) is 38.0 Å². The number of esters is 1. The van der Waals surface area contributed by atoms with Gasteiger partial charge in [-0.05, 0) is 33.1 Å². The van der Waals surface area contributed by atoms with Crippen LogP contribution in [0.2, 0.25) is 0 Å². The van der Waals surface area contributed by atoms with E-state index in [-0.39, 0.29) is 63.9 Å². The Morgan fingerprint density at radius 1 is 0.746 bits per heavy atom. The quantitative estimate of drug-likeness (QED) is 0.104. The zero-order valence-electron chi connectivity index (χ0n) is 40.9. The van der Waals surface area contributed by atoms with Gasteiger partial charge in [0.25, 0.3) is 0 Å². The first-order valence-corrected chi connectivity index (χ1v) is 24.2. The van der Waals surface area contributed by atoms with Crippen molar-refractivity contribution in [1.82, 2.24) is 10.6 Å². The van der Waals surface area contributed by atoms with Crippen LogP contribution >= 0.6 is 0 Å². The molecule has 3 fully saturated rings. The molecule has 0 aromatic rings. The van der Waals surface area contributed by atoms with Crippen molar-refractivity contribution in [3.8, 4) is 0 Å². The number of hydrogen-bond acceptors (Lipinski definition) is 18. The van der Waals surface area contributed by atoms with Gasteiger partial charge in [-0.25, -0.2) is 9.59 Å². The number of amides is 2. The summed E-state index contributed by atoms with van der Waals surface area (Å²) >= 11 is 0. The summed E-state index contributed by atoms with van der Waals surface area (Å²) < 4.78 is 40.8. The summed E-state index contributed by atoms with van der Waals surface area (Å²) in [6.07, 6.45) is 7.25. The molecule has 3 saturated heterocycles. The third kappa shape index (κ3) is 19.8. The molecule has 4 rings (SSSR count). The number of ether oxygens (including phenoxy) is 7. The maximum absolute atomic E-state index is 12.7. The summed E-state index contributed by atoms with van der Waals surface area (Å²) in [5.41, 5.74) is 0. The van der Waals surface area contributed by atoms with Gasteiger partial charge in [-0.1, -0.05) is 105 Å². The average Bonchev–Trinajstić information content (AvgIpc) is 3.69. The maximum Gasteiger partial charge on any atom is 0.407 e. The highest BCUT2D eigenvalue weighted by molar-refractivity contribution is 5.71. The number of carbonyl (C=O) groups excluding carboxylic acids is 3. The molecule has 0 saturated carbocycles. The number of hydrogen-bond donors (Lipinski definition) is 10. The standard InChI is InChI=1S/C51H76N2O18/c1-6-23-66-49(63)53-45-46(61)33(4)68-48(47(45)62)69-37-20-18-16-14-12-10-8-7-9-11-13-15-17-19-31(2)39(58)24-32(3)67-43(60)27-35(55)25-34(54)21-22-38(57)40(59)26-36(56)29-51(65-5)30-42-44(41(28-37)71-51)52-50(64)70-42/h6-20,31-42,44-48,54-59,61-62H,1,21-30H2,2-5H3,(H,52,64)(H,53,63)/b8-7+,11-9+,12-10+,15-13+,16-14+,19-17+,20-18+/t31-,32-,33+,34+,35+,36-,37-,38+,39-,40+,41-,42-,44-,45-,46+,47-,48-,51+/m0/s1. The molecule has 4 heterocycles. The summed E-state index contributed by atoms with van der Waals surface area (Å²) in [7, 11) is 1.35. The average molecular weight is 1010 g/mol. The van der Waals surface area contributed by atoms with Crippen molar-refractivity contribution in [1.29, 1.82) is 0 Å². The Bertz CT molecular complexity index is 1890. The van der Waals surface area contributed by atoms with Crippen molar-refractivity contribution in [2.24, 2.45) is 5.92 Å². The van der Waals surface area contributed by atoms with Crippen LogP contribution in [0.3, 0.4) is 0 Å². The van der Waals surface area contributed by atoms with Gasteiger partial charge in [0.1, 0.15) is 31.0 Å². The van der Waals surface area contributed by atoms with E-state index in [0.29, 0.717) is 0 Å². The monoisotopic (exact) mass is 1000 g/mol. The normalized spacial score (nSPS) is 42.0. The van der Waals surface area contributed by atoms with Gasteiger partial charge in [-0.2, -0.15) is 0 Å². The Kier molecular flexibility index (Phi) is 24.8. The summed E-state index contributed by atoms with van der Waals surface area (Å²) in [5, 5.41) is 92.5. The lowest BCUT2D eigenvalue weighted by atomic mass is 9.87. The van der Waals surface area contributed by atoms with Gasteiger partial charge < -0.3 is 84.6 Å². The van der Waals surface area contributed by atoms with Gasteiger partial charge >= 0.3 is 18.2 Å². The Morgan fingerprint density at radius 3 is 2.01 bits per heavy atom. The van der Waals surface area contributed by atoms with Crippen LogP contribution in [-0.4, -0.2) is 176 Å². The van der Waals surface area contributed by atoms with Gasteiger partial charge in [0.15, 0.2) is 12.1 Å². The molecule has 0 unspecified atom stereocenters. The Labute approximate surface area is 415 Å². The van der Waals surface area contributed by atoms with Crippen LogP contribution in [0.4, 0.5) is 9.59 Å². The minimum atomic E-state index is -1.60. The van der Waals surface area contributed by atoms with Gasteiger partial charge in [0.05, 0.1) is 73.4 Å². The number of allylic oxidation sites excluding steroid dienone is 12. The van der Waals surface area contributed by atoms with Crippen molar-refractivity contribution in [2.45, 2.75) is 182 Å². The van der Waals surface area contributed by atoms with E-state index in [2.05, 4.69) is 17.2 Å². The van der Waals surface area contributed by atoms with Crippen LogP contribution in [0.5, 0.6) is 0 Å². The number of alkyl carbamates (subject to hydrolysis) is 2. The van der Waals surface area contributed by atoms with E-state index in [1.54, 1.807) is 49.5 Å². The first-order valence-electron chi connectivity index (χ1n) is 24.2. The Morgan fingerprint density at radius 2 is 1.38 bits per heavy atom. The highest BCUT2D eigenvalue weighted by Gasteiger charge is 2.54. The fourth-order valence-electron chi connectivity index (χ4n) is 8.65. The topological polar surface area (TPSA) is 302 Å². The molecular weight excluding hydrogens is 929 g/mol. The highest BCUT2D eigenvalue weighted by atomic mass is 16.7. The van der Waals surface area contributed by atoms with Crippen molar-refractivity contribution in [3.63, 3.8) is 0 Å². The third-order valence-corrected chi connectivity index (χ3v) is 12.6. The fraction of sp³-hybridized carbons (Fsp3) is 0.627. The highest BCUT2D eigenvalue weighted by Crippen LogP contribution is 2.40. The molecule has 2 amide bonds. The zero-order chi connectivity index (χ0) is 52.1. The number of aliphatic hydroxyl groups excluding tert-OH is 8. The molecular formula is C51H76N2O18. The third-order valence-electron chi connectivity index (χ3n) is 12.6. The molecule has 20 heteroatoms. The van der Waals surface area contributed by atoms with E-state index in [0.717, 1.165) is 0 Å². The molecule has 4 aliphatic rings. The molecule has 20 nitrogen and oxygen atoms in total. The van der Waals surface area contributed by atoms with Crippen molar-refractivity contribution < 1.29 is 88.4 Å². The molecule has 0 aliphatic carbocycles. The van der Waals surface area contributed by atoms with Gasteiger partial charge in [-0.3, -0.25) is 4.79 Å². The maximum atomic E-state index is 12.7. The van der Waals surface area contributed by atoms with Crippen LogP contribution in [0.15, 0.2) is 97.7 Å². The first-order chi connectivity index (χ1) is 33.8. The largest absolute Gasteiger partial charge is 0.462 e. The van der Waals surface area contributed by atoms with Crippen LogP contribution in [0, 0.1) is 5.92 Å². The lowest BCUT2D eigenvalue weighted by Crippen LogP contribution is -2.64. The Hall–Kier alpha value is -4.55. The predicted octanol–water partition coefficient (Wildman–Crippen LogP) is 2.49. The fourth-order valence-corrected chi connectivity index (χ4v) is 8.65. The smallest absolute Gasteiger partial charge is 0.407 e. The second kappa shape index (κ2) is 29.8. The molecule has 2 bridgehead atoms. The van der Waals surface area contributed by atoms with Gasteiger partial charge in [0.2, 0.25) is 0 Å². The number of carbonyl (C=O) groups is 3. The van der Waals surface area contributed by atoms with E-state index in [4.69, 9.17) is 33.2 Å². The summed E-state index contributed by atoms with van der Waals surface area (Å²) in [6, 6.07) is -2.01. The first kappa shape index (κ1) is 59.0. The van der Waals surface area contributed by atoms with Gasteiger partial charge in [0, 0.05) is 45.1 Å². The van der Waals surface area contributed by atoms with Crippen LogP contribution < -0.4 is 10.6 Å². The Balaban J connectivity index is 1.58. The number of rotatable bonds is 6. The molecule has 0 aromatic carbocycles. The minimum Gasteiger partial charge on any atom is -0.462 e. The second-order valence-corrected chi connectivity index (χ2v) is 18.5. The van der Waals surface area contributed by atoms with Crippen molar-refractivity contribution in [3.05, 3.63) is 97.7 Å². The SMILES string of the molecule is C=CCOC(=O)N[C@@H]1[C@H](O)[C@H](O[C@H]2/C=C/C=C/C=C/C=C/C=C/C=C/C=C/[C@H](C)[C@@H](O)C[C@H](C)OC(=O)C[C@H](O)C[C@H](O)CC[C@@H](O)[C@H](O)C[C@H](O)C[C@]3(OC)C[C@@H]4OC(=O)N[C@H]4[C@H](C2)O3)O[C@H](C)[C@H]1O. The number of methoxy groups -OCH3 is 1. The van der Waals surface area contributed by atoms with E-state index < -0.39 is 128 Å². The van der Waals surface area contributed by atoms with Crippen molar-refractivity contribution in [2.75, 3.05) is 13.7 Å². The number of cyclic esters (lactones) is 1. The van der Waals surface area contributed by atoms with Crippen molar-refractivity contribution >= 4 is 18.2 Å². The van der Waals surface area contributed by atoms with Crippen LogP contribution in [0.1, 0.15) is 78.6 Å². The lowest BCUT2D eigenvalue weighted by Gasteiger charge is -2.46. The summed E-state index contributed by atoms with van der Waals surface area (Å²) in [5.74, 6) is -2.56. The molecule has 398 valence electrons. The van der Waals surface area contributed by atoms with E-state index in [1.165, 1.54) is 20.1 Å². The summed E-state index contributed by atoms with van der Waals surface area (Å²) in [4.78, 5) is 37.7. The van der Waals surface area contributed by atoms with Crippen LogP contribution in [0.25, 0.3) is 0 Å². The summed E-state index contributed by atoms with van der Waals surface area (Å²) in [6.45, 7) is 8.40. The molecule has 0 radical (unpaired) electrons. The number of aliphatic hydroxyl groups is 8. The molecule has 4 aliphatic heterocycles.